The Balaban J connectivity index is 2.05. The van der Waals surface area contributed by atoms with Crippen LogP contribution in [0.25, 0.3) is 5.78 Å². The van der Waals surface area contributed by atoms with Crippen molar-refractivity contribution >= 4 is 11.6 Å². The molecule has 0 unspecified atom stereocenters. The number of aryl methyl sites for hydroxylation is 3. The number of hydrogen-bond acceptors (Lipinski definition) is 4. The van der Waals surface area contributed by atoms with Crippen LogP contribution in [0.5, 0.6) is 0 Å². The number of H-pyrrole nitrogens is 1. The molecule has 0 amide bonds. The van der Waals surface area contributed by atoms with E-state index < -0.39 is 11.4 Å². The summed E-state index contributed by atoms with van der Waals surface area (Å²) in [6.07, 6.45) is 1.48. The van der Waals surface area contributed by atoms with Gasteiger partial charge in [-0.2, -0.15) is 0 Å². The van der Waals surface area contributed by atoms with E-state index in [4.69, 9.17) is 0 Å². The Bertz CT molecular complexity index is 1040. The summed E-state index contributed by atoms with van der Waals surface area (Å²) in [6.45, 7) is 3.84. The van der Waals surface area contributed by atoms with E-state index in [1.165, 1.54) is 22.2 Å². The third-order valence-corrected chi connectivity index (χ3v) is 3.86. The molecule has 0 saturated carbocycles. The molecule has 0 fully saturated rings. The van der Waals surface area contributed by atoms with E-state index in [0.717, 1.165) is 11.1 Å². The highest BCUT2D eigenvalue weighted by atomic mass is 16.2. The van der Waals surface area contributed by atoms with Crippen LogP contribution >= 0.6 is 0 Å². The Morgan fingerprint density at radius 2 is 1.96 bits per heavy atom. The number of carbonyl (C=O) groups excluding carboxylic acids is 1. The molecular weight excluding hydrogens is 296 g/mol. The zero-order valence-electron chi connectivity index (χ0n) is 13.1. The minimum absolute atomic E-state index is 0.0341. The minimum atomic E-state index is -0.593. The summed E-state index contributed by atoms with van der Waals surface area (Å²) in [7, 11) is 1.51. The fourth-order valence-corrected chi connectivity index (χ4v) is 2.67. The first-order valence-electron chi connectivity index (χ1n) is 7.14. The number of nitrogens with zero attached hydrogens (tertiary/aromatic N) is 3. The van der Waals surface area contributed by atoms with Crippen LogP contribution in [0.4, 0.5) is 0 Å². The lowest BCUT2D eigenvalue weighted by Gasteiger charge is -2.06. The van der Waals surface area contributed by atoms with Gasteiger partial charge in [0.05, 0.1) is 18.3 Å². The van der Waals surface area contributed by atoms with Crippen LogP contribution in [-0.4, -0.2) is 24.7 Å². The molecule has 7 nitrogen and oxygen atoms in total. The maximum atomic E-state index is 12.5. The molecule has 1 aromatic carbocycles. The van der Waals surface area contributed by atoms with Crippen LogP contribution < -0.4 is 11.4 Å². The Hall–Kier alpha value is -2.96. The van der Waals surface area contributed by atoms with Gasteiger partial charge in [-0.3, -0.25) is 14.3 Å². The normalized spacial score (nSPS) is 11.1. The summed E-state index contributed by atoms with van der Waals surface area (Å²) < 4.78 is 2.48. The number of carbonyl (C=O) groups is 1. The fraction of sp³-hybridized carbons (Fsp3) is 0.250. The number of fused-ring (bicyclic) bond motifs is 1. The van der Waals surface area contributed by atoms with E-state index in [2.05, 4.69) is 9.97 Å². The second kappa shape index (κ2) is 5.35. The van der Waals surface area contributed by atoms with E-state index in [1.54, 1.807) is 6.07 Å². The van der Waals surface area contributed by atoms with Crippen molar-refractivity contribution in [3.63, 3.8) is 0 Å². The molecule has 0 aliphatic heterocycles. The van der Waals surface area contributed by atoms with Gasteiger partial charge in [0.15, 0.2) is 5.78 Å². The van der Waals surface area contributed by atoms with Gasteiger partial charge in [0.2, 0.25) is 5.78 Å². The van der Waals surface area contributed by atoms with Crippen molar-refractivity contribution in [3.05, 3.63) is 67.7 Å². The zero-order chi connectivity index (χ0) is 16.7. The summed E-state index contributed by atoms with van der Waals surface area (Å²) >= 11 is 0. The predicted octanol–water partition coefficient (Wildman–Crippen LogP) is 0.764. The molecule has 0 saturated heterocycles. The van der Waals surface area contributed by atoms with E-state index in [0.29, 0.717) is 11.3 Å². The van der Waals surface area contributed by atoms with Gasteiger partial charge in [-0.15, -0.1) is 0 Å². The largest absolute Gasteiger partial charge is 0.336 e. The van der Waals surface area contributed by atoms with Crippen molar-refractivity contribution in [1.82, 2.24) is 18.9 Å². The summed E-state index contributed by atoms with van der Waals surface area (Å²) in [5.41, 5.74) is 1.91. The molecule has 2 heterocycles. The molecule has 0 bridgehead atoms. The second-order valence-electron chi connectivity index (χ2n) is 5.60. The average molecular weight is 312 g/mol. The molecule has 0 aliphatic carbocycles. The molecule has 0 radical (unpaired) electrons. The smallest absolute Gasteiger partial charge is 0.294 e. The molecule has 1 N–H and O–H groups in total. The summed E-state index contributed by atoms with van der Waals surface area (Å²) in [4.78, 5) is 42.4. The number of Topliss-reactive ketones (excluding diaryl/α,β-unsaturated/α-hetero) is 1. The van der Waals surface area contributed by atoms with Gasteiger partial charge in [-0.1, -0.05) is 23.8 Å². The average Bonchev–Trinajstić information content (AvgIpc) is 2.89. The van der Waals surface area contributed by atoms with Crippen molar-refractivity contribution in [2.24, 2.45) is 7.05 Å². The molecule has 2 aromatic heterocycles. The summed E-state index contributed by atoms with van der Waals surface area (Å²) in [5.74, 6) is 0.111. The number of imidazole rings is 1. The molecule has 7 heteroatoms. The van der Waals surface area contributed by atoms with Crippen LogP contribution in [0.3, 0.4) is 0 Å². The van der Waals surface area contributed by atoms with Gasteiger partial charge in [0, 0.05) is 12.6 Å². The molecule has 0 aliphatic rings. The Morgan fingerprint density at radius 3 is 2.65 bits per heavy atom. The maximum absolute atomic E-state index is 12.5. The van der Waals surface area contributed by atoms with Gasteiger partial charge in [0.25, 0.3) is 0 Å². The van der Waals surface area contributed by atoms with E-state index in [-0.39, 0.29) is 18.0 Å². The van der Waals surface area contributed by atoms with Crippen molar-refractivity contribution in [2.45, 2.75) is 20.3 Å². The summed E-state index contributed by atoms with van der Waals surface area (Å²) in [6, 6.07) is 5.61. The topological polar surface area (TPSA) is 89.2 Å². The molecule has 3 aromatic rings. The monoisotopic (exact) mass is 312 g/mol. The van der Waals surface area contributed by atoms with Crippen molar-refractivity contribution < 1.29 is 4.79 Å². The van der Waals surface area contributed by atoms with E-state index in [1.807, 2.05) is 26.0 Å². The number of benzene rings is 1. The SMILES string of the molecule is Cc1ccc(C(=O)Cc2cnc3n(C)c(=O)[nH]c(=O)n23)c(C)c1. The number of nitrogens with one attached hydrogen (secondary N) is 1. The van der Waals surface area contributed by atoms with Gasteiger partial charge >= 0.3 is 11.4 Å². The third kappa shape index (κ3) is 2.50. The minimum Gasteiger partial charge on any atom is -0.294 e. The molecule has 0 spiro atoms. The molecule has 23 heavy (non-hydrogen) atoms. The van der Waals surface area contributed by atoms with Gasteiger partial charge in [-0.25, -0.2) is 19.0 Å². The maximum Gasteiger partial charge on any atom is 0.336 e. The van der Waals surface area contributed by atoms with Crippen LogP contribution in [0.2, 0.25) is 0 Å². The second-order valence-corrected chi connectivity index (χ2v) is 5.60. The zero-order valence-corrected chi connectivity index (χ0v) is 13.1. The standard InChI is InChI=1S/C16H16N4O3/c1-9-4-5-12(10(2)6-9)13(21)7-11-8-17-14-19(3)15(22)18-16(23)20(11)14/h4-6,8H,7H2,1-3H3,(H,18,22,23). The lowest BCUT2D eigenvalue weighted by atomic mass is 10.00. The predicted molar refractivity (Wildman–Crippen MR) is 85.0 cm³/mol. The number of aromatic nitrogens is 4. The molecular formula is C16H16N4O3. The first-order chi connectivity index (χ1) is 10.9. The lowest BCUT2D eigenvalue weighted by Crippen LogP contribution is -2.34. The Labute approximate surface area is 131 Å². The third-order valence-electron chi connectivity index (χ3n) is 3.86. The van der Waals surface area contributed by atoms with Crippen LogP contribution in [0, 0.1) is 13.8 Å². The van der Waals surface area contributed by atoms with E-state index >= 15 is 0 Å². The van der Waals surface area contributed by atoms with Crippen LogP contribution in [-0.2, 0) is 13.5 Å². The number of hydrogen-bond donors (Lipinski definition) is 1. The van der Waals surface area contributed by atoms with Gasteiger partial charge < -0.3 is 0 Å². The quantitative estimate of drug-likeness (QED) is 0.723. The number of rotatable bonds is 3. The van der Waals surface area contributed by atoms with Crippen LogP contribution in [0.15, 0.2) is 34.0 Å². The van der Waals surface area contributed by atoms with Crippen LogP contribution in [0.1, 0.15) is 27.2 Å². The highest BCUT2D eigenvalue weighted by molar-refractivity contribution is 5.98. The summed E-state index contributed by atoms with van der Waals surface area (Å²) in [5, 5.41) is 0. The first kappa shape index (κ1) is 15.0. The van der Waals surface area contributed by atoms with Crippen molar-refractivity contribution in [3.8, 4) is 0 Å². The van der Waals surface area contributed by atoms with Crippen molar-refractivity contribution in [2.75, 3.05) is 0 Å². The highest BCUT2D eigenvalue weighted by Crippen LogP contribution is 2.14. The fourth-order valence-electron chi connectivity index (χ4n) is 2.67. The molecule has 0 atom stereocenters. The van der Waals surface area contributed by atoms with Crippen molar-refractivity contribution in [1.29, 1.82) is 0 Å². The number of ketones is 1. The Morgan fingerprint density at radius 1 is 1.22 bits per heavy atom. The highest BCUT2D eigenvalue weighted by Gasteiger charge is 2.16. The van der Waals surface area contributed by atoms with E-state index in [9.17, 15) is 14.4 Å². The lowest BCUT2D eigenvalue weighted by molar-refractivity contribution is 0.0991. The van der Waals surface area contributed by atoms with Gasteiger partial charge in [-0.05, 0) is 19.4 Å². The van der Waals surface area contributed by atoms with Gasteiger partial charge in [0.1, 0.15) is 0 Å². The number of aromatic amines is 1. The first-order valence-corrected chi connectivity index (χ1v) is 7.14. The molecule has 118 valence electrons. The molecule has 3 rings (SSSR count). The Kier molecular flexibility index (Phi) is 3.48.